The fourth-order valence-corrected chi connectivity index (χ4v) is 3.99. The van der Waals surface area contributed by atoms with E-state index in [2.05, 4.69) is 147 Å². The number of hydrogen-bond donors (Lipinski definition) is 1. The molecule has 4 aromatic carbocycles. The van der Waals surface area contributed by atoms with Crippen molar-refractivity contribution in [2.24, 2.45) is 0 Å². The van der Waals surface area contributed by atoms with Gasteiger partial charge in [0.15, 0.2) is 0 Å². The van der Waals surface area contributed by atoms with Crippen molar-refractivity contribution >= 4 is 5.57 Å². The summed E-state index contributed by atoms with van der Waals surface area (Å²) >= 11 is 0. The standard InChI is InChI=1S/C30H29N/c1-30(2,23-28(24-15-7-3-8-16-24)25-17-9-4-10-18-25)31-29(26-19-11-5-12-20-26)27-21-13-6-14-22-27/h3-23,29,31H,1-2H3. The Kier molecular flexibility index (Phi) is 6.45. The third kappa shape index (κ3) is 5.39. The second kappa shape index (κ2) is 9.59. The fraction of sp³-hybridized carbons (Fsp3) is 0.133. The van der Waals surface area contributed by atoms with E-state index in [1.807, 2.05) is 0 Å². The van der Waals surface area contributed by atoms with Crippen molar-refractivity contribution in [1.82, 2.24) is 5.32 Å². The Morgan fingerprint density at radius 2 is 0.935 bits per heavy atom. The van der Waals surface area contributed by atoms with Crippen LogP contribution in [0.1, 0.15) is 42.1 Å². The molecule has 0 aliphatic rings. The minimum atomic E-state index is -0.253. The van der Waals surface area contributed by atoms with E-state index in [0.717, 1.165) is 0 Å². The van der Waals surface area contributed by atoms with Crippen molar-refractivity contribution in [3.63, 3.8) is 0 Å². The summed E-state index contributed by atoms with van der Waals surface area (Å²) in [5, 5.41) is 3.92. The van der Waals surface area contributed by atoms with Crippen LogP contribution in [0.4, 0.5) is 0 Å². The summed E-state index contributed by atoms with van der Waals surface area (Å²) in [7, 11) is 0. The van der Waals surface area contributed by atoms with Crippen LogP contribution in [0.2, 0.25) is 0 Å². The van der Waals surface area contributed by atoms with Crippen LogP contribution in [0.25, 0.3) is 5.57 Å². The average Bonchev–Trinajstić information content (AvgIpc) is 2.83. The van der Waals surface area contributed by atoms with E-state index in [1.54, 1.807) is 0 Å². The molecule has 0 heterocycles. The Bertz CT molecular complexity index is 1020. The summed E-state index contributed by atoms with van der Waals surface area (Å²) in [6.45, 7) is 4.50. The van der Waals surface area contributed by atoms with Crippen molar-refractivity contribution in [3.05, 3.63) is 150 Å². The third-order valence-electron chi connectivity index (χ3n) is 5.46. The maximum Gasteiger partial charge on any atom is 0.0583 e. The first-order valence-corrected chi connectivity index (χ1v) is 10.8. The van der Waals surface area contributed by atoms with Crippen LogP contribution in [-0.2, 0) is 0 Å². The number of benzene rings is 4. The molecule has 0 unspecified atom stereocenters. The molecule has 0 amide bonds. The van der Waals surface area contributed by atoms with E-state index in [9.17, 15) is 0 Å². The number of hydrogen-bond acceptors (Lipinski definition) is 1. The normalized spacial score (nSPS) is 11.3. The van der Waals surface area contributed by atoms with Crippen molar-refractivity contribution in [2.75, 3.05) is 0 Å². The maximum absolute atomic E-state index is 3.92. The molecule has 0 saturated heterocycles. The minimum absolute atomic E-state index is 0.0986. The van der Waals surface area contributed by atoms with Gasteiger partial charge in [-0.05, 0) is 41.7 Å². The van der Waals surface area contributed by atoms with Gasteiger partial charge in [0.25, 0.3) is 0 Å². The topological polar surface area (TPSA) is 12.0 Å². The van der Waals surface area contributed by atoms with Crippen LogP contribution in [0.15, 0.2) is 127 Å². The summed E-state index contributed by atoms with van der Waals surface area (Å²) < 4.78 is 0. The van der Waals surface area contributed by atoms with Gasteiger partial charge in [-0.1, -0.05) is 127 Å². The highest BCUT2D eigenvalue weighted by molar-refractivity contribution is 5.80. The average molecular weight is 404 g/mol. The lowest BCUT2D eigenvalue weighted by Gasteiger charge is -2.31. The summed E-state index contributed by atoms with van der Waals surface area (Å²) in [5.74, 6) is 0. The highest BCUT2D eigenvalue weighted by Gasteiger charge is 2.24. The molecule has 0 aliphatic heterocycles. The van der Waals surface area contributed by atoms with Crippen LogP contribution >= 0.6 is 0 Å². The summed E-state index contributed by atoms with van der Waals surface area (Å²) in [6, 6.07) is 42.7. The molecule has 1 nitrogen and oxygen atoms in total. The van der Waals surface area contributed by atoms with Gasteiger partial charge in [0, 0.05) is 5.54 Å². The minimum Gasteiger partial charge on any atom is -0.298 e. The van der Waals surface area contributed by atoms with Crippen LogP contribution in [0, 0.1) is 0 Å². The Morgan fingerprint density at radius 3 is 1.32 bits per heavy atom. The van der Waals surface area contributed by atoms with Crippen molar-refractivity contribution in [3.8, 4) is 0 Å². The van der Waals surface area contributed by atoms with Gasteiger partial charge in [0.2, 0.25) is 0 Å². The van der Waals surface area contributed by atoms with Crippen molar-refractivity contribution < 1.29 is 0 Å². The zero-order valence-corrected chi connectivity index (χ0v) is 18.2. The van der Waals surface area contributed by atoms with Crippen LogP contribution < -0.4 is 5.32 Å². The molecular weight excluding hydrogens is 374 g/mol. The molecule has 1 heteroatoms. The molecule has 0 atom stereocenters. The van der Waals surface area contributed by atoms with Gasteiger partial charge in [-0.3, -0.25) is 5.32 Å². The van der Waals surface area contributed by atoms with Gasteiger partial charge in [-0.25, -0.2) is 0 Å². The van der Waals surface area contributed by atoms with E-state index in [4.69, 9.17) is 0 Å². The number of rotatable bonds is 7. The highest BCUT2D eigenvalue weighted by Crippen LogP contribution is 2.29. The Hall–Kier alpha value is -3.42. The largest absolute Gasteiger partial charge is 0.298 e. The predicted octanol–water partition coefficient (Wildman–Crippen LogP) is 7.28. The monoisotopic (exact) mass is 403 g/mol. The molecule has 0 saturated carbocycles. The van der Waals surface area contributed by atoms with Gasteiger partial charge in [0.05, 0.1) is 6.04 Å². The lowest BCUT2D eigenvalue weighted by Crippen LogP contribution is -2.40. The summed E-state index contributed by atoms with van der Waals surface area (Å²) in [5.41, 5.74) is 5.95. The zero-order chi connectivity index (χ0) is 21.5. The fourth-order valence-electron chi connectivity index (χ4n) is 3.99. The first-order chi connectivity index (χ1) is 15.1. The van der Waals surface area contributed by atoms with E-state index in [0.29, 0.717) is 0 Å². The highest BCUT2D eigenvalue weighted by atomic mass is 15.0. The first-order valence-electron chi connectivity index (χ1n) is 10.8. The van der Waals surface area contributed by atoms with Crippen LogP contribution in [-0.4, -0.2) is 5.54 Å². The number of nitrogens with one attached hydrogen (secondary N) is 1. The zero-order valence-electron chi connectivity index (χ0n) is 18.2. The Labute approximate surface area is 186 Å². The molecule has 0 fully saturated rings. The van der Waals surface area contributed by atoms with Crippen LogP contribution in [0.3, 0.4) is 0 Å². The van der Waals surface area contributed by atoms with Crippen molar-refractivity contribution in [1.29, 1.82) is 0 Å². The molecule has 4 aromatic rings. The van der Waals surface area contributed by atoms with Crippen molar-refractivity contribution in [2.45, 2.75) is 25.4 Å². The van der Waals surface area contributed by atoms with E-state index >= 15 is 0 Å². The molecule has 4 rings (SSSR count). The lowest BCUT2D eigenvalue weighted by molar-refractivity contribution is 0.434. The van der Waals surface area contributed by atoms with Gasteiger partial charge in [0.1, 0.15) is 0 Å². The maximum atomic E-state index is 3.92. The van der Waals surface area contributed by atoms with Crippen LogP contribution in [0.5, 0.6) is 0 Å². The van der Waals surface area contributed by atoms with E-state index in [1.165, 1.54) is 27.8 Å². The smallest absolute Gasteiger partial charge is 0.0583 e. The Morgan fingerprint density at radius 1 is 0.581 bits per heavy atom. The molecule has 0 bridgehead atoms. The Balaban J connectivity index is 1.74. The van der Waals surface area contributed by atoms with Gasteiger partial charge in [-0.2, -0.15) is 0 Å². The lowest BCUT2D eigenvalue weighted by atomic mass is 9.89. The SMILES string of the molecule is CC(C)(C=C(c1ccccc1)c1ccccc1)NC(c1ccccc1)c1ccccc1. The van der Waals surface area contributed by atoms with Gasteiger partial charge < -0.3 is 0 Å². The molecule has 0 spiro atoms. The summed E-state index contributed by atoms with van der Waals surface area (Å²) in [4.78, 5) is 0. The van der Waals surface area contributed by atoms with E-state index < -0.39 is 0 Å². The predicted molar refractivity (Wildman–Crippen MR) is 132 cm³/mol. The van der Waals surface area contributed by atoms with E-state index in [-0.39, 0.29) is 11.6 Å². The molecular formula is C30H29N. The van der Waals surface area contributed by atoms with Gasteiger partial charge >= 0.3 is 0 Å². The van der Waals surface area contributed by atoms with Gasteiger partial charge in [-0.15, -0.1) is 0 Å². The first kappa shape index (κ1) is 20.8. The molecule has 1 N–H and O–H groups in total. The second-order valence-corrected chi connectivity index (χ2v) is 8.41. The second-order valence-electron chi connectivity index (χ2n) is 8.41. The molecule has 0 radical (unpaired) electrons. The quantitative estimate of drug-likeness (QED) is 0.342. The molecule has 0 aliphatic carbocycles. The molecule has 154 valence electrons. The molecule has 31 heavy (non-hydrogen) atoms. The molecule has 0 aromatic heterocycles. The third-order valence-corrected chi connectivity index (χ3v) is 5.46. The summed E-state index contributed by atoms with van der Waals surface area (Å²) in [6.07, 6.45) is 2.36.